The van der Waals surface area contributed by atoms with E-state index in [4.69, 9.17) is 4.42 Å². The summed E-state index contributed by atoms with van der Waals surface area (Å²) in [5.74, 6) is 0.637. The average Bonchev–Trinajstić information content (AvgIpc) is 3.09. The van der Waals surface area contributed by atoms with Gasteiger partial charge < -0.3 is 14.5 Å². The van der Waals surface area contributed by atoms with Crippen LogP contribution in [-0.2, 0) is 11.3 Å². The van der Waals surface area contributed by atoms with Gasteiger partial charge in [-0.15, -0.1) is 10.2 Å². The summed E-state index contributed by atoms with van der Waals surface area (Å²) < 4.78 is 10.4. The number of anilines is 1. The number of ether oxygens (including phenoxy) is 1. The van der Waals surface area contributed by atoms with Gasteiger partial charge in [0, 0.05) is 11.3 Å². The summed E-state index contributed by atoms with van der Waals surface area (Å²) in [6.45, 7) is 2.40. The Labute approximate surface area is 139 Å². The number of aromatic nitrogens is 2. The van der Waals surface area contributed by atoms with E-state index < -0.39 is 0 Å². The quantitative estimate of drug-likeness (QED) is 0.725. The number of carbonyl (C=O) groups is 1. The van der Waals surface area contributed by atoms with Crippen LogP contribution in [0, 0.1) is 6.92 Å². The first kappa shape index (κ1) is 15.7. The molecule has 0 fully saturated rings. The van der Waals surface area contributed by atoms with E-state index in [1.54, 1.807) is 24.3 Å². The average molecular weight is 323 g/mol. The van der Waals surface area contributed by atoms with Gasteiger partial charge in [-0.1, -0.05) is 18.2 Å². The normalized spacial score (nSPS) is 10.4. The van der Waals surface area contributed by atoms with Crippen LogP contribution in [0.15, 0.2) is 52.9 Å². The van der Waals surface area contributed by atoms with Gasteiger partial charge in [-0.2, -0.15) is 0 Å². The molecule has 0 aliphatic rings. The van der Waals surface area contributed by atoms with Crippen molar-refractivity contribution in [3.8, 4) is 11.5 Å². The molecule has 0 aliphatic heterocycles. The maximum atomic E-state index is 11.4. The summed E-state index contributed by atoms with van der Waals surface area (Å²) in [4.78, 5) is 11.4. The van der Waals surface area contributed by atoms with Crippen molar-refractivity contribution in [3.05, 3.63) is 65.5 Å². The number of aryl methyl sites for hydroxylation is 1. The molecule has 1 heterocycles. The number of benzene rings is 2. The van der Waals surface area contributed by atoms with Crippen LogP contribution in [0.25, 0.3) is 11.5 Å². The van der Waals surface area contributed by atoms with Gasteiger partial charge in [-0.25, -0.2) is 4.79 Å². The highest BCUT2D eigenvalue weighted by Gasteiger charge is 2.10. The molecule has 0 saturated carbocycles. The third kappa shape index (κ3) is 3.43. The summed E-state index contributed by atoms with van der Waals surface area (Å²) in [7, 11) is 1.36. The zero-order valence-electron chi connectivity index (χ0n) is 13.4. The molecule has 3 rings (SSSR count). The molecule has 0 spiro atoms. The van der Waals surface area contributed by atoms with Crippen molar-refractivity contribution in [3.63, 3.8) is 0 Å². The van der Waals surface area contributed by atoms with Crippen LogP contribution in [0.1, 0.15) is 21.8 Å². The molecule has 1 aromatic heterocycles. The van der Waals surface area contributed by atoms with Crippen LogP contribution in [0.2, 0.25) is 0 Å². The van der Waals surface area contributed by atoms with E-state index >= 15 is 0 Å². The molecule has 1 N–H and O–H groups in total. The first-order valence-electron chi connectivity index (χ1n) is 7.48. The smallest absolute Gasteiger partial charge is 0.337 e. The van der Waals surface area contributed by atoms with Crippen molar-refractivity contribution in [1.29, 1.82) is 0 Å². The monoisotopic (exact) mass is 323 g/mol. The van der Waals surface area contributed by atoms with Gasteiger partial charge in [0.2, 0.25) is 11.8 Å². The summed E-state index contributed by atoms with van der Waals surface area (Å²) >= 11 is 0. The Bertz CT molecular complexity index is 841. The van der Waals surface area contributed by atoms with Crippen molar-refractivity contribution in [2.45, 2.75) is 13.5 Å². The van der Waals surface area contributed by atoms with Gasteiger partial charge in [-0.3, -0.25) is 0 Å². The van der Waals surface area contributed by atoms with Gasteiger partial charge in [0.15, 0.2) is 0 Å². The summed E-state index contributed by atoms with van der Waals surface area (Å²) in [5, 5.41) is 11.3. The molecule has 0 saturated heterocycles. The zero-order valence-corrected chi connectivity index (χ0v) is 13.4. The third-order valence-electron chi connectivity index (χ3n) is 3.59. The van der Waals surface area contributed by atoms with E-state index in [0.717, 1.165) is 16.8 Å². The number of nitrogens with zero attached hydrogens (tertiary/aromatic N) is 2. The van der Waals surface area contributed by atoms with E-state index in [1.807, 2.05) is 31.2 Å². The Kier molecular flexibility index (Phi) is 4.56. The van der Waals surface area contributed by atoms with E-state index in [-0.39, 0.29) is 5.97 Å². The van der Waals surface area contributed by atoms with Gasteiger partial charge in [-0.05, 0) is 42.8 Å². The highest BCUT2D eigenvalue weighted by Crippen LogP contribution is 2.21. The van der Waals surface area contributed by atoms with Gasteiger partial charge >= 0.3 is 5.97 Å². The molecule has 0 unspecified atom stereocenters. The second kappa shape index (κ2) is 6.95. The Balaban J connectivity index is 1.65. The summed E-state index contributed by atoms with van der Waals surface area (Å²) in [6.07, 6.45) is 0. The molecule has 0 bridgehead atoms. The molecule has 3 aromatic rings. The summed E-state index contributed by atoms with van der Waals surface area (Å²) in [5.41, 5.74) is 3.36. The zero-order chi connectivity index (χ0) is 16.9. The van der Waals surface area contributed by atoms with Crippen LogP contribution < -0.4 is 5.32 Å². The second-order valence-electron chi connectivity index (χ2n) is 5.24. The van der Waals surface area contributed by atoms with Gasteiger partial charge in [0.1, 0.15) is 0 Å². The predicted molar refractivity (Wildman–Crippen MR) is 89.6 cm³/mol. The first-order valence-corrected chi connectivity index (χ1v) is 7.48. The molecule has 0 atom stereocenters. The Hall–Kier alpha value is -3.15. The molecular formula is C18H17N3O3. The molecule has 2 aromatic carbocycles. The van der Waals surface area contributed by atoms with Crippen molar-refractivity contribution in [1.82, 2.24) is 10.2 Å². The minimum Gasteiger partial charge on any atom is -0.465 e. The first-order chi connectivity index (χ1) is 11.7. The van der Waals surface area contributed by atoms with Gasteiger partial charge in [0.25, 0.3) is 0 Å². The SMILES string of the molecule is COC(=O)c1ccc(NCc2nnc(-c3ccccc3C)o2)cc1. The van der Waals surface area contributed by atoms with Crippen molar-refractivity contribution in [2.24, 2.45) is 0 Å². The highest BCUT2D eigenvalue weighted by atomic mass is 16.5. The molecule has 6 heteroatoms. The number of hydrogen-bond acceptors (Lipinski definition) is 6. The molecular weight excluding hydrogens is 306 g/mol. The fourth-order valence-corrected chi connectivity index (χ4v) is 2.27. The Morgan fingerprint density at radius 1 is 1.12 bits per heavy atom. The Morgan fingerprint density at radius 3 is 2.58 bits per heavy atom. The fraction of sp³-hybridized carbons (Fsp3) is 0.167. The fourth-order valence-electron chi connectivity index (χ4n) is 2.27. The lowest BCUT2D eigenvalue weighted by Crippen LogP contribution is -2.02. The second-order valence-corrected chi connectivity index (χ2v) is 5.24. The molecule has 122 valence electrons. The number of rotatable bonds is 5. The van der Waals surface area contributed by atoms with E-state index in [9.17, 15) is 4.79 Å². The molecule has 24 heavy (non-hydrogen) atoms. The lowest BCUT2D eigenvalue weighted by Gasteiger charge is -2.04. The standard InChI is InChI=1S/C18H17N3O3/c1-12-5-3-4-6-15(12)17-21-20-16(24-17)11-19-14-9-7-13(8-10-14)18(22)23-2/h3-10,19H,11H2,1-2H3. The minimum absolute atomic E-state index is 0.360. The van der Waals surface area contributed by atoms with Crippen molar-refractivity contribution >= 4 is 11.7 Å². The summed E-state index contributed by atoms with van der Waals surface area (Å²) in [6, 6.07) is 14.8. The van der Waals surface area contributed by atoms with Crippen LogP contribution in [-0.4, -0.2) is 23.3 Å². The number of carbonyl (C=O) groups excluding carboxylic acids is 1. The predicted octanol–water partition coefficient (Wildman–Crippen LogP) is 3.44. The lowest BCUT2D eigenvalue weighted by atomic mass is 10.1. The van der Waals surface area contributed by atoms with Crippen LogP contribution in [0.5, 0.6) is 0 Å². The number of esters is 1. The number of hydrogen-bond donors (Lipinski definition) is 1. The van der Waals surface area contributed by atoms with Gasteiger partial charge in [0.05, 0.1) is 19.2 Å². The molecule has 6 nitrogen and oxygen atoms in total. The molecule has 0 aliphatic carbocycles. The maximum Gasteiger partial charge on any atom is 0.337 e. The van der Waals surface area contributed by atoms with Crippen molar-refractivity contribution in [2.75, 3.05) is 12.4 Å². The highest BCUT2D eigenvalue weighted by molar-refractivity contribution is 5.89. The Morgan fingerprint density at radius 2 is 1.88 bits per heavy atom. The lowest BCUT2D eigenvalue weighted by molar-refractivity contribution is 0.0601. The van der Waals surface area contributed by atoms with E-state index in [2.05, 4.69) is 20.3 Å². The van der Waals surface area contributed by atoms with Crippen LogP contribution >= 0.6 is 0 Å². The van der Waals surface area contributed by atoms with E-state index in [1.165, 1.54) is 7.11 Å². The maximum absolute atomic E-state index is 11.4. The number of methoxy groups -OCH3 is 1. The topological polar surface area (TPSA) is 77.2 Å². The van der Waals surface area contributed by atoms with E-state index in [0.29, 0.717) is 23.9 Å². The van der Waals surface area contributed by atoms with Crippen molar-refractivity contribution < 1.29 is 13.9 Å². The minimum atomic E-state index is -0.360. The van der Waals surface area contributed by atoms with Crippen LogP contribution in [0.4, 0.5) is 5.69 Å². The molecule has 0 radical (unpaired) electrons. The molecule has 0 amide bonds. The third-order valence-corrected chi connectivity index (χ3v) is 3.59. The van der Waals surface area contributed by atoms with Crippen LogP contribution in [0.3, 0.4) is 0 Å². The number of nitrogens with one attached hydrogen (secondary N) is 1. The largest absolute Gasteiger partial charge is 0.465 e.